The Morgan fingerprint density at radius 2 is 1.83 bits per heavy atom. The molecule has 5 heteroatoms. The molecule has 0 fully saturated rings. The van der Waals surface area contributed by atoms with Gasteiger partial charge in [-0.2, -0.15) is 0 Å². The summed E-state index contributed by atoms with van der Waals surface area (Å²) in [4.78, 5) is 11.1. The third-order valence-electron chi connectivity index (χ3n) is 1.04. The Kier molecular flexibility index (Phi) is 7.25. The second-order valence-electron chi connectivity index (χ2n) is 3.20. The van der Waals surface area contributed by atoms with Crippen molar-refractivity contribution in [2.75, 3.05) is 0 Å². The van der Waals surface area contributed by atoms with Crippen LogP contribution in [0.3, 0.4) is 0 Å². The second-order valence-corrected chi connectivity index (χ2v) is 5.16. The van der Waals surface area contributed by atoms with Crippen LogP contribution in [-0.2, 0) is 4.79 Å². The average molecular weight is 200 g/mol. The minimum Gasteiger partial charge on any atom is -0.288 e. The van der Waals surface area contributed by atoms with E-state index in [4.69, 9.17) is 0 Å². The maximum Gasteiger partial charge on any atom is 0.265 e. The SMILES string of the molecule is CC(C)[B]S[B]SC(=O)C(C)C. The zero-order valence-electron chi connectivity index (χ0n) is 8.03. The van der Waals surface area contributed by atoms with E-state index in [0.29, 0.717) is 5.82 Å². The maximum atomic E-state index is 11.1. The average Bonchev–Trinajstić information content (AvgIpc) is 1.97. The van der Waals surface area contributed by atoms with Gasteiger partial charge in [-0.05, 0) is 0 Å². The van der Waals surface area contributed by atoms with E-state index >= 15 is 0 Å². The van der Waals surface area contributed by atoms with Gasteiger partial charge in [-0.15, -0.1) is 11.6 Å². The van der Waals surface area contributed by atoms with Crippen molar-refractivity contribution in [1.82, 2.24) is 0 Å². The van der Waals surface area contributed by atoms with Gasteiger partial charge in [0, 0.05) is 5.92 Å². The molecule has 0 N–H and O–H groups in total. The molecule has 0 aromatic heterocycles. The third-order valence-corrected chi connectivity index (χ3v) is 3.28. The predicted octanol–water partition coefficient (Wildman–Crippen LogP) is 2.62. The van der Waals surface area contributed by atoms with Gasteiger partial charge in [-0.1, -0.05) is 33.5 Å². The van der Waals surface area contributed by atoms with Gasteiger partial charge in [0.1, 0.15) is 0 Å². The van der Waals surface area contributed by atoms with Gasteiger partial charge in [-0.25, -0.2) is 0 Å². The lowest BCUT2D eigenvalue weighted by Crippen LogP contribution is -2.03. The Labute approximate surface area is 85.0 Å². The molecule has 0 saturated carbocycles. The highest BCUT2D eigenvalue weighted by atomic mass is 32.2. The van der Waals surface area contributed by atoms with E-state index in [1.165, 1.54) is 11.6 Å². The molecule has 0 bridgehead atoms. The lowest BCUT2D eigenvalue weighted by Gasteiger charge is -2.03. The number of hydrogen-bond acceptors (Lipinski definition) is 3. The third kappa shape index (κ3) is 7.17. The highest BCUT2D eigenvalue weighted by Crippen LogP contribution is 2.16. The minimum absolute atomic E-state index is 0.130. The van der Waals surface area contributed by atoms with Crippen molar-refractivity contribution in [2.45, 2.75) is 33.5 Å². The van der Waals surface area contributed by atoms with Crippen LogP contribution in [0.5, 0.6) is 0 Å². The van der Waals surface area contributed by atoms with Gasteiger partial charge in [0.2, 0.25) is 0 Å². The first-order chi connectivity index (χ1) is 5.54. The van der Waals surface area contributed by atoms with Gasteiger partial charge in [-0.3, -0.25) is 16.3 Å². The van der Waals surface area contributed by atoms with Gasteiger partial charge < -0.3 is 0 Å². The van der Waals surface area contributed by atoms with Crippen molar-refractivity contribution in [3.05, 3.63) is 0 Å². The van der Waals surface area contributed by atoms with Crippen LogP contribution in [0.15, 0.2) is 0 Å². The van der Waals surface area contributed by atoms with Gasteiger partial charge in [0.25, 0.3) is 5.84 Å². The van der Waals surface area contributed by atoms with Crippen molar-refractivity contribution < 1.29 is 4.79 Å². The van der Waals surface area contributed by atoms with Crippen LogP contribution in [0.1, 0.15) is 27.7 Å². The van der Waals surface area contributed by atoms with Crippen molar-refractivity contribution in [3.8, 4) is 0 Å². The smallest absolute Gasteiger partial charge is 0.265 e. The first-order valence-electron chi connectivity index (χ1n) is 4.05. The fourth-order valence-electron chi connectivity index (χ4n) is 0.400. The molecule has 0 aliphatic heterocycles. The van der Waals surface area contributed by atoms with Crippen molar-refractivity contribution in [3.63, 3.8) is 0 Å². The molecule has 0 rings (SSSR count). The van der Waals surface area contributed by atoms with Crippen LogP contribution in [0.4, 0.5) is 0 Å². The quantitative estimate of drug-likeness (QED) is 0.501. The standard InChI is InChI=1S/C7H14B2OS2/c1-5(2)7(10)11-9-12-8-6(3)4/h5-6H,1-4H3. The Balaban J connectivity index is 3.26. The number of carbonyl (C=O) groups excluding carboxylic acids is 1. The van der Waals surface area contributed by atoms with Gasteiger partial charge in [0.15, 0.2) is 11.7 Å². The molecule has 0 atom stereocenters. The van der Waals surface area contributed by atoms with E-state index in [0.717, 1.165) is 0 Å². The molecular formula is C7H14B2OS2. The summed E-state index contributed by atoms with van der Waals surface area (Å²) < 4.78 is 0. The molecule has 66 valence electrons. The highest BCUT2D eigenvalue weighted by molar-refractivity contribution is 8.63. The van der Waals surface area contributed by atoms with Crippen molar-refractivity contribution in [1.29, 1.82) is 0 Å². The van der Waals surface area contributed by atoms with E-state index in [9.17, 15) is 4.79 Å². The van der Waals surface area contributed by atoms with E-state index < -0.39 is 0 Å². The fourth-order valence-corrected chi connectivity index (χ4v) is 1.85. The van der Waals surface area contributed by atoms with E-state index in [2.05, 4.69) is 20.4 Å². The molecule has 12 heavy (non-hydrogen) atoms. The minimum atomic E-state index is 0.130. The molecule has 0 unspecified atom stereocenters. The molecule has 1 nitrogen and oxygen atoms in total. The van der Waals surface area contributed by atoms with Crippen LogP contribution < -0.4 is 0 Å². The normalized spacial score (nSPS) is 10.5. The van der Waals surface area contributed by atoms with Crippen molar-refractivity contribution in [2.24, 2.45) is 5.92 Å². The Morgan fingerprint density at radius 3 is 2.25 bits per heavy atom. The molecule has 0 aromatic rings. The molecule has 0 amide bonds. The first kappa shape index (κ1) is 12.5. The molecule has 0 heterocycles. The van der Waals surface area contributed by atoms with Gasteiger partial charge in [0.05, 0.1) is 0 Å². The summed E-state index contributed by atoms with van der Waals surface area (Å²) >= 11 is 2.89. The molecule has 0 aliphatic carbocycles. The highest BCUT2D eigenvalue weighted by Gasteiger charge is 2.08. The number of carbonyl (C=O) groups is 1. The second kappa shape index (κ2) is 6.96. The number of rotatable bonds is 5. The summed E-state index contributed by atoms with van der Waals surface area (Å²) in [6, 6.07) is 0. The van der Waals surface area contributed by atoms with Crippen LogP contribution >= 0.6 is 23.1 Å². The largest absolute Gasteiger partial charge is 0.288 e. The van der Waals surface area contributed by atoms with Crippen LogP contribution in [0.25, 0.3) is 0 Å². The molecule has 0 saturated heterocycles. The lowest BCUT2D eigenvalue weighted by molar-refractivity contribution is -0.113. The van der Waals surface area contributed by atoms with Crippen LogP contribution in [0, 0.1) is 5.92 Å². The summed E-state index contributed by atoms with van der Waals surface area (Å²) in [5.74, 6) is 2.59. The lowest BCUT2D eigenvalue weighted by atomic mass is 9.90. The molecule has 0 spiro atoms. The predicted molar refractivity (Wildman–Crippen MR) is 61.6 cm³/mol. The monoisotopic (exact) mass is 200 g/mol. The summed E-state index contributed by atoms with van der Waals surface area (Å²) in [5, 5.41) is 0.236. The zero-order chi connectivity index (χ0) is 9.56. The summed E-state index contributed by atoms with van der Waals surface area (Å²) in [5.41, 5.74) is 0. The van der Waals surface area contributed by atoms with E-state index in [-0.39, 0.29) is 11.0 Å². The summed E-state index contributed by atoms with van der Waals surface area (Å²) in [7, 11) is 0. The number of hydrogen-bond donors (Lipinski definition) is 0. The maximum absolute atomic E-state index is 11.1. The zero-order valence-corrected chi connectivity index (χ0v) is 9.67. The molecule has 0 aromatic carbocycles. The Morgan fingerprint density at radius 1 is 1.25 bits per heavy atom. The van der Waals surface area contributed by atoms with Crippen LogP contribution in [-0.4, -0.2) is 17.5 Å². The summed E-state index contributed by atoms with van der Waals surface area (Å²) in [6.07, 6.45) is 0. The molecule has 2 radical (unpaired) electrons. The van der Waals surface area contributed by atoms with E-state index in [1.54, 1.807) is 11.5 Å². The molecule has 0 aliphatic rings. The summed E-state index contributed by atoms with van der Waals surface area (Å²) in [6.45, 7) is 10.2. The topological polar surface area (TPSA) is 17.1 Å². The Hall–Kier alpha value is 0.500. The Bertz CT molecular complexity index is 139. The first-order valence-corrected chi connectivity index (χ1v) is 5.87. The van der Waals surface area contributed by atoms with Gasteiger partial charge >= 0.3 is 0 Å². The van der Waals surface area contributed by atoms with E-state index in [1.807, 2.05) is 19.7 Å². The molecular weight excluding hydrogens is 186 g/mol. The van der Waals surface area contributed by atoms with Crippen molar-refractivity contribution >= 4 is 40.6 Å². The fraction of sp³-hybridized carbons (Fsp3) is 0.857. The van der Waals surface area contributed by atoms with Crippen LogP contribution in [0.2, 0.25) is 5.82 Å².